The van der Waals surface area contributed by atoms with Crippen LogP contribution >= 0.6 is 11.3 Å². The quantitative estimate of drug-likeness (QED) is 0.499. The summed E-state index contributed by atoms with van der Waals surface area (Å²) >= 11 is 1.44. The molecule has 0 spiro atoms. The molecule has 0 radical (unpaired) electrons. The lowest BCUT2D eigenvalue weighted by molar-refractivity contribution is -0.384. The molecule has 0 aliphatic carbocycles. The number of non-ortho nitro benzene ring substituents is 1. The number of likely N-dealkylation sites (N-methyl/N-ethyl adjacent to an activating group) is 1. The van der Waals surface area contributed by atoms with Crippen molar-refractivity contribution in [3.05, 3.63) is 58.1 Å². The molecule has 0 atom stereocenters. The molecule has 0 saturated heterocycles. The van der Waals surface area contributed by atoms with Gasteiger partial charge < -0.3 is 9.64 Å². The van der Waals surface area contributed by atoms with Gasteiger partial charge >= 0.3 is 0 Å². The number of nitrogens with zero attached hydrogens (tertiary/aromatic N) is 3. The lowest BCUT2D eigenvalue weighted by atomic mass is 10.2. The molecule has 0 N–H and O–H groups in total. The fourth-order valence-corrected chi connectivity index (χ4v) is 3.19. The molecule has 0 amide bonds. The summed E-state index contributed by atoms with van der Waals surface area (Å²) in [5.74, 6) is 0.842. The highest BCUT2D eigenvalue weighted by Crippen LogP contribution is 2.30. The summed E-state index contributed by atoms with van der Waals surface area (Å²) in [6.45, 7) is 3.25. The number of benzene rings is 2. The molecular weight excluding hydrogens is 326 g/mol. The molecule has 3 aromatic rings. The van der Waals surface area contributed by atoms with Crippen molar-refractivity contribution in [3.63, 3.8) is 0 Å². The Morgan fingerprint density at radius 1 is 1.25 bits per heavy atom. The summed E-state index contributed by atoms with van der Waals surface area (Å²) in [5.41, 5.74) is 2.05. The summed E-state index contributed by atoms with van der Waals surface area (Å²) < 4.78 is 6.53. The first-order chi connectivity index (χ1) is 11.5. The second-order valence-corrected chi connectivity index (χ2v) is 6.50. The molecule has 0 aliphatic heterocycles. The molecule has 124 valence electrons. The zero-order valence-electron chi connectivity index (χ0n) is 13.4. The zero-order valence-corrected chi connectivity index (χ0v) is 14.2. The van der Waals surface area contributed by atoms with Crippen LogP contribution in [0.15, 0.2) is 42.5 Å². The normalized spacial score (nSPS) is 10.8. The molecule has 0 aliphatic rings. The SMILES string of the molecule is Cc1ccc(OCCN(C)c2nc3ccc([N+](=O)[O-])cc3s2)cc1. The van der Waals surface area contributed by atoms with Crippen LogP contribution in [-0.2, 0) is 0 Å². The average molecular weight is 343 g/mol. The van der Waals surface area contributed by atoms with E-state index in [9.17, 15) is 10.1 Å². The third-order valence-corrected chi connectivity index (χ3v) is 4.75. The van der Waals surface area contributed by atoms with E-state index in [4.69, 9.17) is 4.74 Å². The van der Waals surface area contributed by atoms with Crippen molar-refractivity contribution in [3.8, 4) is 5.75 Å². The first kappa shape index (κ1) is 16.2. The molecule has 6 nitrogen and oxygen atoms in total. The number of aryl methyl sites for hydroxylation is 1. The van der Waals surface area contributed by atoms with Gasteiger partial charge in [0.2, 0.25) is 0 Å². The maximum absolute atomic E-state index is 10.8. The van der Waals surface area contributed by atoms with Gasteiger partial charge in [-0.1, -0.05) is 29.0 Å². The molecule has 1 aromatic heterocycles. The molecule has 0 unspecified atom stereocenters. The van der Waals surface area contributed by atoms with Gasteiger partial charge in [0.1, 0.15) is 12.4 Å². The molecule has 0 fully saturated rings. The number of hydrogen-bond acceptors (Lipinski definition) is 6. The van der Waals surface area contributed by atoms with Crippen LogP contribution in [-0.4, -0.2) is 30.1 Å². The molecule has 7 heteroatoms. The number of nitro benzene ring substituents is 1. The van der Waals surface area contributed by atoms with E-state index in [1.165, 1.54) is 23.0 Å². The molecule has 3 rings (SSSR count). The van der Waals surface area contributed by atoms with Crippen LogP contribution in [0, 0.1) is 17.0 Å². The Morgan fingerprint density at radius 2 is 2.00 bits per heavy atom. The summed E-state index contributed by atoms with van der Waals surface area (Å²) in [7, 11) is 1.94. The van der Waals surface area contributed by atoms with Gasteiger partial charge in [0.15, 0.2) is 5.13 Å². The van der Waals surface area contributed by atoms with E-state index in [-0.39, 0.29) is 5.69 Å². The van der Waals surface area contributed by atoms with E-state index in [0.717, 1.165) is 21.1 Å². The predicted molar refractivity (Wildman–Crippen MR) is 96.2 cm³/mol. The highest BCUT2D eigenvalue weighted by molar-refractivity contribution is 7.22. The predicted octanol–water partition coefficient (Wildman–Crippen LogP) is 4.03. The summed E-state index contributed by atoms with van der Waals surface area (Å²) in [5, 5.41) is 11.7. The third-order valence-electron chi connectivity index (χ3n) is 3.61. The van der Waals surface area contributed by atoms with Gasteiger partial charge in [0.25, 0.3) is 5.69 Å². The highest BCUT2D eigenvalue weighted by Gasteiger charge is 2.12. The third kappa shape index (κ3) is 3.62. The minimum absolute atomic E-state index is 0.0862. The number of rotatable bonds is 6. The molecular formula is C17H17N3O3S. The fraction of sp³-hybridized carbons (Fsp3) is 0.235. The molecule has 0 bridgehead atoms. The second kappa shape index (κ2) is 6.84. The Labute approximate surface area is 143 Å². The Kier molecular flexibility index (Phi) is 4.61. The zero-order chi connectivity index (χ0) is 17.1. The van der Waals surface area contributed by atoms with Gasteiger partial charge in [0, 0.05) is 19.2 Å². The lowest BCUT2D eigenvalue weighted by Crippen LogP contribution is -2.23. The van der Waals surface area contributed by atoms with E-state index in [0.29, 0.717) is 13.2 Å². The standard InChI is InChI=1S/C17H17N3O3S/c1-12-3-6-14(7-4-12)23-10-9-19(2)17-18-15-8-5-13(20(21)22)11-16(15)24-17/h3-8,11H,9-10H2,1-2H3. The maximum Gasteiger partial charge on any atom is 0.270 e. The van der Waals surface area contributed by atoms with Crippen LogP contribution in [0.3, 0.4) is 0 Å². The lowest BCUT2D eigenvalue weighted by Gasteiger charge is -2.16. The number of fused-ring (bicyclic) bond motifs is 1. The first-order valence-corrected chi connectivity index (χ1v) is 8.30. The van der Waals surface area contributed by atoms with Crippen molar-refractivity contribution >= 4 is 32.4 Å². The van der Waals surface area contributed by atoms with Crippen molar-refractivity contribution in [2.75, 3.05) is 25.1 Å². The largest absolute Gasteiger partial charge is 0.492 e. The van der Waals surface area contributed by atoms with E-state index >= 15 is 0 Å². The number of aromatic nitrogens is 1. The minimum Gasteiger partial charge on any atom is -0.492 e. The van der Waals surface area contributed by atoms with Gasteiger partial charge in [-0.05, 0) is 25.1 Å². The molecule has 24 heavy (non-hydrogen) atoms. The maximum atomic E-state index is 10.8. The Balaban J connectivity index is 1.64. The Bertz CT molecular complexity index is 861. The van der Waals surface area contributed by atoms with Crippen LogP contribution in [0.2, 0.25) is 0 Å². The number of anilines is 1. The van der Waals surface area contributed by atoms with Gasteiger partial charge in [-0.3, -0.25) is 10.1 Å². The monoisotopic (exact) mass is 343 g/mol. The van der Waals surface area contributed by atoms with Gasteiger partial charge in [0.05, 0.1) is 21.7 Å². The number of ether oxygens (including phenoxy) is 1. The Morgan fingerprint density at radius 3 is 2.71 bits per heavy atom. The van der Waals surface area contributed by atoms with Crippen LogP contribution in [0.4, 0.5) is 10.8 Å². The van der Waals surface area contributed by atoms with E-state index in [1.54, 1.807) is 12.1 Å². The van der Waals surface area contributed by atoms with Crippen molar-refractivity contribution < 1.29 is 9.66 Å². The van der Waals surface area contributed by atoms with Gasteiger partial charge in [-0.15, -0.1) is 0 Å². The second-order valence-electron chi connectivity index (χ2n) is 5.49. The van der Waals surface area contributed by atoms with Crippen molar-refractivity contribution in [1.82, 2.24) is 4.98 Å². The summed E-state index contributed by atoms with van der Waals surface area (Å²) in [4.78, 5) is 17.0. The number of nitro groups is 1. The number of thiazole rings is 1. The smallest absolute Gasteiger partial charge is 0.270 e. The average Bonchev–Trinajstić information content (AvgIpc) is 2.99. The van der Waals surface area contributed by atoms with E-state index in [1.807, 2.05) is 43.1 Å². The van der Waals surface area contributed by atoms with Crippen LogP contribution < -0.4 is 9.64 Å². The van der Waals surface area contributed by atoms with Crippen molar-refractivity contribution in [1.29, 1.82) is 0 Å². The molecule has 1 heterocycles. The topological polar surface area (TPSA) is 68.5 Å². The Hall–Kier alpha value is -2.67. The molecule has 2 aromatic carbocycles. The number of hydrogen-bond donors (Lipinski definition) is 0. The van der Waals surface area contributed by atoms with E-state index in [2.05, 4.69) is 4.98 Å². The summed E-state index contributed by atoms with van der Waals surface area (Å²) in [6, 6.07) is 12.7. The highest BCUT2D eigenvalue weighted by atomic mass is 32.1. The van der Waals surface area contributed by atoms with Crippen molar-refractivity contribution in [2.45, 2.75) is 6.92 Å². The van der Waals surface area contributed by atoms with Crippen LogP contribution in [0.5, 0.6) is 5.75 Å². The van der Waals surface area contributed by atoms with Gasteiger partial charge in [-0.25, -0.2) is 4.98 Å². The van der Waals surface area contributed by atoms with Crippen molar-refractivity contribution in [2.24, 2.45) is 0 Å². The van der Waals surface area contributed by atoms with E-state index < -0.39 is 4.92 Å². The van der Waals surface area contributed by atoms with Gasteiger partial charge in [-0.2, -0.15) is 0 Å². The van der Waals surface area contributed by atoms with Crippen LogP contribution in [0.1, 0.15) is 5.56 Å². The van der Waals surface area contributed by atoms with Crippen LogP contribution in [0.25, 0.3) is 10.2 Å². The first-order valence-electron chi connectivity index (χ1n) is 7.48. The fourth-order valence-electron chi connectivity index (χ4n) is 2.21. The summed E-state index contributed by atoms with van der Waals surface area (Å²) in [6.07, 6.45) is 0. The molecule has 0 saturated carbocycles. The minimum atomic E-state index is -0.391.